The second-order valence-electron chi connectivity index (χ2n) is 7.38. The fourth-order valence-corrected chi connectivity index (χ4v) is 4.69. The zero-order chi connectivity index (χ0) is 22.3. The molecule has 160 valence electrons. The predicted molar refractivity (Wildman–Crippen MR) is 122 cm³/mol. The Balaban J connectivity index is 1.49. The number of benzene rings is 2. The van der Waals surface area contributed by atoms with Crippen molar-refractivity contribution < 1.29 is 9.59 Å². The number of hydrogen-bond acceptors (Lipinski definition) is 5. The first-order valence-electron chi connectivity index (χ1n) is 10.4. The first-order chi connectivity index (χ1) is 15.7. The van der Waals surface area contributed by atoms with Crippen molar-refractivity contribution in [2.75, 3.05) is 26.2 Å². The molecular formula is C25H22N4O2S. The summed E-state index contributed by atoms with van der Waals surface area (Å²) < 4.78 is 0. The van der Waals surface area contributed by atoms with Crippen molar-refractivity contribution >= 4 is 23.6 Å². The highest BCUT2D eigenvalue weighted by atomic mass is 32.2. The molecule has 4 rings (SSSR count). The molecule has 32 heavy (non-hydrogen) atoms. The minimum Gasteiger partial charge on any atom is -0.337 e. The first-order valence-corrected chi connectivity index (χ1v) is 11.2. The van der Waals surface area contributed by atoms with Gasteiger partial charge in [-0.15, -0.1) is 0 Å². The summed E-state index contributed by atoms with van der Waals surface area (Å²) in [6, 6.07) is 20.5. The average molecular weight is 443 g/mol. The van der Waals surface area contributed by atoms with Crippen LogP contribution in [-0.4, -0.2) is 52.8 Å². The van der Waals surface area contributed by atoms with E-state index < -0.39 is 0 Å². The molecule has 1 fully saturated rings. The van der Waals surface area contributed by atoms with E-state index in [0.29, 0.717) is 42.9 Å². The van der Waals surface area contributed by atoms with E-state index in [2.05, 4.69) is 11.1 Å². The molecule has 0 spiro atoms. The van der Waals surface area contributed by atoms with Crippen molar-refractivity contribution in [1.82, 2.24) is 14.8 Å². The van der Waals surface area contributed by atoms with Crippen molar-refractivity contribution in [3.63, 3.8) is 0 Å². The Kier molecular flexibility index (Phi) is 6.83. The van der Waals surface area contributed by atoms with Crippen LogP contribution in [0, 0.1) is 11.3 Å². The number of aromatic nitrogens is 1. The topological polar surface area (TPSA) is 77.3 Å². The smallest absolute Gasteiger partial charge is 0.255 e. The van der Waals surface area contributed by atoms with Crippen LogP contribution in [0.2, 0.25) is 0 Å². The van der Waals surface area contributed by atoms with Crippen molar-refractivity contribution in [3.8, 4) is 6.07 Å². The van der Waals surface area contributed by atoms with Crippen molar-refractivity contribution in [3.05, 3.63) is 89.7 Å². The molecule has 0 bridgehead atoms. The van der Waals surface area contributed by atoms with Gasteiger partial charge in [0.2, 0.25) is 0 Å². The van der Waals surface area contributed by atoms with Gasteiger partial charge in [-0.3, -0.25) is 14.6 Å². The third-order valence-electron chi connectivity index (χ3n) is 5.34. The number of nitriles is 1. The Bertz CT molecular complexity index is 1160. The first kappa shape index (κ1) is 21.6. The largest absolute Gasteiger partial charge is 0.337 e. The fourth-order valence-electron chi connectivity index (χ4n) is 3.67. The normalized spacial score (nSPS) is 13.8. The van der Waals surface area contributed by atoms with Gasteiger partial charge in [0.15, 0.2) is 0 Å². The summed E-state index contributed by atoms with van der Waals surface area (Å²) in [4.78, 5) is 35.4. The zero-order valence-electron chi connectivity index (χ0n) is 17.5. The number of carbonyl (C=O) groups is 2. The van der Waals surface area contributed by atoms with Crippen molar-refractivity contribution in [1.29, 1.82) is 5.26 Å². The van der Waals surface area contributed by atoms with Gasteiger partial charge in [-0.1, -0.05) is 36.0 Å². The molecule has 2 aromatic carbocycles. The summed E-state index contributed by atoms with van der Waals surface area (Å²) in [6.07, 6.45) is 3.94. The maximum Gasteiger partial charge on any atom is 0.255 e. The minimum atomic E-state index is -0.0549. The molecule has 2 amide bonds. The van der Waals surface area contributed by atoms with Crippen LogP contribution in [0.3, 0.4) is 0 Å². The van der Waals surface area contributed by atoms with Gasteiger partial charge in [0.1, 0.15) is 6.07 Å². The van der Waals surface area contributed by atoms with Crippen LogP contribution in [0.5, 0.6) is 0 Å². The summed E-state index contributed by atoms with van der Waals surface area (Å²) in [5.74, 6) is -0.0912. The Labute approximate surface area is 191 Å². The van der Waals surface area contributed by atoms with E-state index >= 15 is 0 Å². The molecule has 0 saturated carbocycles. The third kappa shape index (κ3) is 4.82. The van der Waals surface area contributed by atoms with E-state index in [4.69, 9.17) is 0 Å². The van der Waals surface area contributed by atoms with Gasteiger partial charge in [0.25, 0.3) is 11.8 Å². The third-order valence-corrected chi connectivity index (χ3v) is 6.49. The molecule has 1 aromatic heterocycles. The maximum absolute atomic E-state index is 13.4. The standard InChI is InChI=1S/C25H22N4O2S/c26-18-20-6-1-3-8-22(20)32-23-9-4-2-7-21(23)25(31)29-15-5-14-28(16-17-29)24(30)19-10-12-27-13-11-19/h1-4,6-13H,5,14-17H2. The summed E-state index contributed by atoms with van der Waals surface area (Å²) in [6.45, 7) is 2.16. The van der Waals surface area contributed by atoms with E-state index in [0.717, 1.165) is 16.2 Å². The predicted octanol–water partition coefficient (Wildman–Crippen LogP) is 4.09. The van der Waals surface area contributed by atoms with Crippen molar-refractivity contribution in [2.45, 2.75) is 16.2 Å². The molecule has 1 saturated heterocycles. The summed E-state index contributed by atoms with van der Waals surface area (Å²) in [7, 11) is 0. The highest BCUT2D eigenvalue weighted by Gasteiger charge is 2.25. The van der Waals surface area contributed by atoms with Crippen LogP contribution in [0.25, 0.3) is 0 Å². The van der Waals surface area contributed by atoms with E-state index in [1.807, 2.05) is 47.4 Å². The Morgan fingerprint density at radius 3 is 2.16 bits per heavy atom. The number of carbonyl (C=O) groups excluding carboxylic acids is 2. The van der Waals surface area contributed by atoms with Crippen LogP contribution in [0.1, 0.15) is 32.7 Å². The molecule has 1 aliphatic heterocycles. The second kappa shape index (κ2) is 10.1. The second-order valence-corrected chi connectivity index (χ2v) is 8.46. The van der Waals surface area contributed by atoms with Crippen molar-refractivity contribution in [2.24, 2.45) is 0 Å². The lowest BCUT2D eigenvalue weighted by Crippen LogP contribution is -2.37. The zero-order valence-corrected chi connectivity index (χ0v) is 18.3. The number of amides is 2. The average Bonchev–Trinajstić information content (AvgIpc) is 3.11. The monoisotopic (exact) mass is 442 g/mol. The van der Waals surface area contributed by atoms with Crippen LogP contribution in [0.15, 0.2) is 82.8 Å². The van der Waals surface area contributed by atoms with E-state index in [-0.39, 0.29) is 11.8 Å². The van der Waals surface area contributed by atoms with Crippen LogP contribution < -0.4 is 0 Å². The van der Waals surface area contributed by atoms with Gasteiger partial charge in [0, 0.05) is 53.9 Å². The summed E-state index contributed by atoms with van der Waals surface area (Å²) in [5.41, 5.74) is 1.80. The van der Waals surface area contributed by atoms with Gasteiger partial charge in [-0.25, -0.2) is 0 Å². The molecule has 7 heteroatoms. The van der Waals surface area contributed by atoms with Gasteiger partial charge >= 0.3 is 0 Å². The molecule has 2 heterocycles. The van der Waals surface area contributed by atoms with Crippen LogP contribution >= 0.6 is 11.8 Å². The molecule has 0 aliphatic carbocycles. The summed E-state index contributed by atoms with van der Waals surface area (Å²) in [5, 5.41) is 9.39. The fraction of sp³-hybridized carbons (Fsp3) is 0.200. The molecule has 6 nitrogen and oxygen atoms in total. The highest BCUT2D eigenvalue weighted by Crippen LogP contribution is 2.33. The van der Waals surface area contributed by atoms with Gasteiger partial charge in [-0.05, 0) is 42.8 Å². The quantitative estimate of drug-likeness (QED) is 0.608. The molecule has 0 unspecified atom stereocenters. The van der Waals surface area contributed by atoms with Gasteiger partial charge in [-0.2, -0.15) is 5.26 Å². The van der Waals surface area contributed by atoms with Crippen LogP contribution in [0.4, 0.5) is 0 Å². The number of nitrogens with zero attached hydrogens (tertiary/aromatic N) is 4. The Morgan fingerprint density at radius 2 is 1.44 bits per heavy atom. The van der Waals surface area contributed by atoms with E-state index in [9.17, 15) is 14.9 Å². The molecule has 1 aliphatic rings. The van der Waals surface area contributed by atoms with E-state index in [1.165, 1.54) is 11.8 Å². The Hall–Kier alpha value is -3.63. The molecule has 0 atom stereocenters. The summed E-state index contributed by atoms with van der Waals surface area (Å²) >= 11 is 1.43. The molecule has 0 N–H and O–H groups in total. The van der Waals surface area contributed by atoms with Gasteiger partial charge in [0.05, 0.1) is 11.1 Å². The number of pyridine rings is 1. The van der Waals surface area contributed by atoms with Crippen LogP contribution in [-0.2, 0) is 0 Å². The van der Waals surface area contributed by atoms with Gasteiger partial charge < -0.3 is 9.80 Å². The highest BCUT2D eigenvalue weighted by molar-refractivity contribution is 7.99. The lowest BCUT2D eigenvalue weighted by molar-refractivity contribution is 0.0717. The van der Waals surface area contributed by atoms with E-state index in [1.54, 1.807) is 35.5 Å². The lowest BCUT2D eigenvalue weighted by Gasteiger charge is -2.23. The molecule has 0 radical (unpaired) electrons. The lowest BCUT2D eigenvalue weighted by atomic mass is 10.2. The number of rotatable bonds is 4. The Morgan fingerprint density at radius 1 is 0.812 bits per heavy atom. The molecular weight excluding hydrogens is 420 g/mol. The molecule has 3 aromatic rings. The number of hydrogen-bond donors (Lipinski definition) is 0. The SMILES string of the molecule is N#Cc1ccccc1Sc1ccccc1C(=O)N1CCCN(C(=O)c2ccncc2)CC1. The minimum absolute atomic E-state index is 0.0363. The maximum atomic E-state index is 13.4.